The van der Waals surface area contributed by atoms with E-state index in [1.807, 2.05) is 18.7 Å². The van der Waals surface area contributed by atoms with Gasteiger partial charge in [-0.15, -0.1) is 11.8 Å². The second kappa shape index (κ2) is 6.43. The van der Waals surface area contributed by atoms with Crippen molar-refractivity contribution in [3.05, 3.63) is 29.8 Å². The predicted molar refractivity (Wildman–Crippen MR) is 73.7 cm³/mol. The first-order chi connectivity index (χ1) is 8.31. The molecule has 1 aliphatic heterocycles. The summed E-state index contributed by atoms with van der Waals surface area (Å²) in [4.78, 5) is 1.44. The van der Waals surface area contributed by atoms with Gasteiger partial charge in [0.15, 0.2) is 0 Å². The van der Waals surface area contributed by atoms with Crippen LogP contribution in [0.3, 0.4) is 0 Å². The first-order valence-electron chi connectivity index (χ1n) is 6.41. The lowest BCUT2D eigenvalue weighted by Crippen LogP contribution is -2.25. The van der Waals surface area contributed by atoms with E-state index in [0.29, 0.717) is 5.92 Å². The van der Waals surface area contributed by atoms with Crippen LogP contribution in [0.4, 0.5) is 0 Å². The van der Waals surface area contributed by atoms with E-state index in [0.717, 1.165) is 25.9 Å². The Labute approximate surface area is 108 Å². The molecule has 1 aromatic rings. The lowest BCUT2D eigenvalue weighted by Gasteiger charge is -2.13. The summed E-state index contributed by atoms with van der Waals surface area (Å²) in [5, 5.41) is 12.9. The zero-order valence-electron chi connectivity index (χ0n) is 10.4. The van der Waals surface area contributed by atoms with Crippen molar-refractivity contribution in [2.45, 2.75) is 36.7 Å². The van der Waals surface area contributed by atoms with Gasteiger partial charge in [0.1, 0.15) is 0 Å². The van der Waals surface area contributed by atoms with Crippen LogP contribution in [0.5, 0.6) is 0 Å². The van der Waals surface area contributed by atoms with Crippen LogP contribution < -0.4 is 5.32 Å². The van der Waals surface area contributed by atoms with Gasteiger partial charge in [-0.3, -0.25) is 0 Å². The van der Waals surface area contributed by atoms with Gasteiger partial charge in [0.05, 0.1) is 6.10 Å². The summed E-state index contributed by atoms with van der Waals surface area (Å²) in [7, 11) is 0. The molecule has 1 heterocycles. The largest absolute Gasteiger partial charge is 0.393 e. The quantitative estimate of drug-likeness (QED) is 0.762. The van der Waals surface area contributed by atoms with Crippen LogP contribution in [0.25, 0.3) is 0 Å². The maximum atomic E-state index is 9.46. The number of hydrogen-bond acceptors (Lipinski definition) is 3. The molecule has 0 spiro atoms. The molecule has 0 saturated heterocycles. The zero-order chi connectivity index (χ0) is 12.1. The van der Waals surface area contributed by atoms with Crippen molar-refractivity contribution >= 4 is 11.8 Å². The number of benzene rings is 1. The average molecular weight is 251 g/mol. The summed E-state index contributed by atoms with van der Waals surface area (Å²) in [6, 6.07) is 8.68. The van der Waals surface area contributed by atoms with E-state index in [9.17, 15) is 5.11 Å². The Morgan fingerprint density at radius 1 is 1.47 bits per heavy atom. The summed E-state index contributed by atoms with van der Waals surface area (Å²) in [6.45, 7) is 3.97. The smallest absolute Gasteiger partial charge is 0.0549 e. The number of thioether (sulfide) groups is 1. The van der Waals surface area contributed by atoms with E-state index in [2.05, 4.69) is 29.6 Å². The Morgan fingerprint density at radius 3 is 3.12 bits per heavy atom. The number of aliphatic hydroxyl groups excluding tert-OH is 1. The van der Waals surface area contributed by atoms with E-state index in [1.54, 1.807) is 0 Å². The van der Waals surface area contributed by atoms with Crippen LogP contribution in [0.15, 0.2) is 29.2 Å². The van der Waals surface area contributed by atoms with Crippen LogP contribution in [-0.4, -0.2) is 30.1 Å². The summed E-state index contributed by atoms with van der Waals surface area (Å²) in [5.74, 6) is 1.82. The number of hydrogen-bond donors (Lipinski definition) is 2. The molecule has 2 nitrogen and oxygen atoms in total. The number of rotatable bonds is 6. The third kappa shape index (κ3) is 3.47. The van der Waals surface area contributed by atoms with Gasteiger partial charge in [-0.2, -0.15) is 0 Å². The fraction of sp³-hybridized carbons (Fsp3) is 0.571. The fourth-order valence-corrected chi connectivity index (χ4v) is 3.40. The predicted octanol–water partition coefficient (Wildman–Crippen LogP) is 2.63. The van der Waals surface area contributed by atoms with Gasteiger partial charge < -0.3 is 10.4 Å². The number of nitrogens with one attached hydrogen (secondary N) is 1. The molecule has 0 amide bonds. The van der Waals surface area contributed by atoms with Gasteiger partial charge in [0.2, 0.25) is 0 Å². The molecule has 0 fully saturated rings. The lowest BCUT2D eigenvalue weighted by molar-refractivity contribution is 0.160. The summed E-state index contributed by atoms with van der Waals surface area (Å²) in [6.07, 6.45) is 1.56. The minimum absolute atomic E-state index is 0.146. The highest BCUT2D eigenvalue weighted by Crippen LogP contribution is 2.38. The Hall–Kier alpha value is -0.510. The Kier molecular flexibility index (Phi) is 4.89. The summed E-state index contributed by atoms with van der Waals surface area (Å²) >= 11 is 1.96. The second-order valence-electron chi connectivity index (χ2n) is 4.60. The minimum Gasteiger partial charge on any atom is -0.393 e. The van der Waals surface area contributed by atoms with Gasteiger partial charge in [-0.25, -0.2) is 0 Å². The molecule has 1 aliphatic rings. The molecule has 0 aliphatic carbocycles. The Balaban J connectivity index is 1.75. The molecule has 0 saturated carbocycles. The monoisotopic (exact) mass is 251 g/mol. The van der Waals surface area contributed by atoms with Crippen molar-refractivity contribution < 1.29 is 5.11 Å². The standard InChI is InChI=1S/C14H21NOS/c1-2-12(16)7-8-15-9-11-10-17-14-6-4-3-5-13(11)14/h3-6,11-12,15-16H,2,7-10H2,1H3. The molecule has 0 bridgehead atoms. The summed E-state index contributed by atoms with van der Waals surface area (Å²) in [5.41, 5.74) is 1.49. The van der Waals surface area contributed by atoms with Crippen molar-refractivity contribution in [1.82, 2.24) is 5.32 Å². The topological polar surface area (TPSA) is 32.3 Å². The van der Waals surface area contributed by atoms with E-state index in [-0.39, 0.29) is 6.10 Å². The number of aliphatic hydroxyl groups is 1. The molecule has 0 radical (unpaired) electrons. The molecule has 2 atom stereocenters. The third-order valence-corrected chi connectivity index (χ3v) is 4.57. The zero-order valence-corrected chi connectivity index (χ0v) is 11.2. The molecule has 2 N–H and O–H groups in total. The maximum Gasteiger partial charge on any atom is 0.0549 e. The van der Waals surface area contributed by atoms with Gasteiger partial charge in [-0.1, -0.05) is 25.1 Å². The van der Waals surface area contributed by atoms with E-state index < -0.39 is 0 Å². The average Bonchev–Trinajstić information content (AvgIpc) is 2.78. The fourth-order valence-electron chi connectivity index (χ4n) is 2.15. The Morgan fingerprint density at radius 2 is 2.29 bits per heavy atom. The molecular formula is C14H21NOS. The highest BCUT2D eigenvalue weighted by atomic mass is 32.2. The molecule has 2 rings (SSSR count). The van der Waals surface area contributed by atoms with Gasteiger partial charge >= 0.3 is 0 Å². The van der Waals surface area contributed by atoms with E-state index >= 15 is 0 Å². The number of fused-ring (bicyclic) bond motifs is 1. The van der Waals surface area contributed by atoms with E-state index in [4.69, 9.17) is 0 Å². The summed E-state index contributed by atoms with van der Waals surface area (Å²) < 4.78 is 0. The Bertz CT molecular complexity index is 356. The van der Waals surface area contributed by atoms with Gasteiger partial charge in [-0.05, 0) is 31.0 Å². The third-order valence-electron chi connectivity index (χ3n) is 3.32. The molecule has 0 aromatic heterocycles. The SMILES string of the molecule is CCC(O)CCNCC1CSc2ccccc21. The van der Waals surface area contributed by atoms with Crippen molar-refractivity contribution in [2.24, 2.45) is 0 Å². The van der Waals surface area contributed by atoms with Crippen molar-refractivity contribution in [1.29, 1.82) is 0 Å². The van der Waals surface area contributed by atoms with Crippen LogP contribution in [0.2, 0.25) is 0 Å². The highest BCUT2D eigenvalue weighted by molar-refractivity contribution is 7.99. The van der Waals surface area contributed by atoms with Crippen LogP contribution in [-0.2, 0) is 0 Å². The normalized spacial score (nSPS) is 20.2. The van der Waals surface area contributed by atoms with Crippen molar-refractivity contribution in [3.63, 3.8) is 0 Å². The second-order valence-corrected chi connectivity index (χ2v) is 5.66. The molecule has 94 valence electrons. The molecule has 17 heavy (non-hydrogen) atoms. The molecule has 2 unspecified atom stereocenters. The van der Waals surface area contributed by atoms with Crippen LogP contribution in [0.1, 0.15) is 31.2 Å². The molecule has 3 heteroatoms. The highest BCUT2D eigenvalue weighted by Gasteiger charge is 2.21. The maximum absolute atomic E-state index is 9.46. The first-order valence-corrected chi connectivity index (χ1v) is 7.40. The first kappa shape index (κ1) is 12.9. The van der Waals surface area contributed by atoms with Crippen molar-refractivity contribution in [3.8, 4) is 0 Å². The van der Waals surface area contributed by atoms with Crippen molar-refractivity contribution in [2.75, 3.05) is 18.8 Å². The molecule has 1 aromatic carbocycles. The minimum atomic E-state index is -0.146. The van der Waals surface area contributed by atoms with Crippen LogP contribution >= 0.6 is 11.8 Å². The van der Waals surface area contributed by atoms with Gasteiger partial charge in [0, 0.05) is 23.1 Å². The van der Waals surface area contributed by atoms with Gasteiger partial charge in [0.25, 0.3) is 0 Å². The lowest BCUT2D eigenvalue weighted by atomic mass is 10.0. The van der Waals surface area contributed by atoms with E-state index in [1.165, 1.54) is 16.2 Å². The molecular weight excluding hydrogens is 230 g/mol. The van der Waals surface area contributed by atoms with Crippen LogP contribution in [0, 0.1) is 0 Å².